The van der Waals surface area contributed by atoms with Crippen LogP contribution in [0.3, 0.4) is 0 Å². The number of halogens is 2. The summed E-state index contributed by atoms with van der Waals surface area (Å²) in [7, 11) is 0. The molecule has 0 radical (unpaired) electrons. The zero-order chi connectivity index (χ0) is 27.0. The van der Waals surface area contributed by atoms with Crippen molar-refractivity contribution in [1.82, 2.24) is 4.40 Å². The summed E-state index contributed by atoms with van der Waals surface area (Å²) in [6, 6.07) is 6.94. The van der Waals surface area contributed by atoms with Crippen LogP contribution in [-0.4, -0.2) is 4.40 Å². The van der Waals surface area contributed by atoms with E-state index < -0.39 is 28.4 Å². The molecular formula is C30H32F2N4O2+2. The van der Waals surface area contributed by atoms with Crippen LogP contribution in [0.15, 0.2) is 46.0 Å². The molecule has 0 amide bonds. The molecule has 1 N–H and O–H groups in total. The average Bonchev–Trinajstić information content (AvgIpc) is 3.52. The minimum atomic E-state index is -0.938. The molecule has 6 nitrogen and oxygen atoms in total. The number of oxazole rings is 1. The third-order valence-corrected chi connectivity index (χ3v) is 8.04. The van der Waals surface area contributed by atoms with Crippen molar-refractivity contribution >= 4 is 11.2 Å². The van der Waals surface area contributed by atoms with Gasteiger partial charge < -0.3 is 4.42 Å². The summed E-state index contributed by atoms with van der Waals surface area (Å²) in [6.45, 7) is 6.22. The number of rotatable bonds is 8. The molecule has 0 saturated carbocycles. The zero-order valence-electron chi connectivity index (χ0n) is 22.0. The maximum absolute atomic E-state index is 16.0. The number of aryl methyl sites for hydroxylation is 1. The van der Waals surface area contributed by atoms with Crippen molar-refractivity contribution in [3.8, 4) is 17.3 Å². The number of H-pyrrole nitrogens is 1. The first-order valence-corrected chi connectivity index (χ1v) is 13.5. The van der Waals surface area contributed by atoms with Gasteiger partial charge in [-0.2, -0.15) is 14.2 Å². The van der Waals surface area contributed by atoms with Crippen molar-refractivity contribution in [2.75, 3.05) is 0 Å². The van der Waals surface area contributed by atoms with Gasteiger partial charge in [0.2, 0.25) is 11.2 Å². The lowest BCUT2D eigenvalue weighted by Crippen LogP contribution is -2.61. The number of hydrogen-bond acceptors (Lipinski definition) is 3. The fourth-order valence-corrected chi connectivity index (χ4v) is 6.01. The Hall–Kier alpha value is -3.86. The molecule has 0 spiro atoms. The number of unbranched alkanes of at least 4 members (excludes halogenated alkanes) is 4. The predicted molar refractivity (Wildman–Crippen MR) is 138 cm³/mol. The van der Waals surface area contributed by atoms with E-state index in [2.05, 4.69) is 18.0 Å². The van der Waals surface area contributed by atoms with Gasteiger partial charge in [0.15, 0.2) is 12.0 Å². The number of benzene rings is 1. The summed E-state index contributed by atoms with van der Waals surface area (Å²) in [5.41, 5.74) is 1.13. The fourth-order valence-electron chi connectivity index (χ4n) is 6.01. The van der Waals surface area contributed by atoms with Crippen molar-refractivity contribution in [3.05, 3.63) is 81.1 Å². The van der Waals surface area contributed by atoms with E-state index in [-0.39, 0.29) is 16.8 Å². The number of imidazole rings is 1. The lowest BCUT2D eigenvalue weighted by Gasteiger charge is -2.34. The molecule has 38 heavy (non-hydrogen) atoms. The van der Waals surface area contributed by atoms with Crippen LogP contribution in [0, 0.1) is 23.0 Å². The Kier molecular flexibility index (Phi) is 6.87. The van der Waals surface area contributed by atoms with Gasteiger partial charge in [-0.25, -0.2) is 18.6 Å². The quantitative estimate of drug-likeness (QED) is 0.249. The van der Waals surface area contributed by atoms with Gasteiger partial charge in [0, 0.05) is 30.5 Å². The molecule has 1 aromatic carbocycles. The molecule has 0 bridgehead atoms. The Morgan fingerprint density at radius 3 is 2.61 bits per heavy atom. The van der Waals surface area contributed by atoms with Gasteiger partial charge in [-0.05, 0) is 24.5 Å². The van der Waals surface area contributed by atoms with E-state index in [4.69, 9.17) is 4.42 Å². The Morgan fingerprint density at radius 1 is 1.13 bits per heavy atom. The van der Waals surface area contributed by atoms with Crippen molar-refractivity contribution in [2.45, 2.75) is 77.7 Å². The third kappa shape index (κ3) is 3.84. The second-order valence-electron chi connectivity index (χ2n) is 10.0. The summed E-state index contributed by atoms with van der Waals surface area (Å²) < 4.78 is 40.6. The number of aromatic amines is 1. The standard InChI is InChI=1S/C30H31F2N4O2/c1-4-7-8-9-10-11-19-12-14-36-23(16-19)24-20(17-22(31)21(18-33)26(24)32)25(30(36,5-2)6-3)28-35-15-13-34-27(35)29(37)38-28/h12-17H,4-11H2,1-3H3/q+1/p+1. The number of pyridine rings is 1. The average molecular weight is 519 g/mol. The molecule has 4 aromatic rings. The Balaban J connectivity index is 1.84. The lowest BCUT2D eigenvalue weighted by molar-refractivity contribution is -0.742. The largest absolute Gasteiger partial charge is 0.430 e. The second-order valence-corrected chi connectivity index (χ2v) is 10.0. The van der Waals surface area contributed by atoms with Gasteiger partial charge in [-0.3, -0.25) is 0 Å². The van der Waals surface area contributed by atoms with E-state index in [9.17, 15) is 10.1 Å². The molecule has 0 unspecified atom stereocenters. The maximum Gasteiger partial charge on any atom is 0.430 e. The number of fused-ring (bicyclic) bond motifs is 4. The van der Waals surface area contributed by atoms with Crippen LogP contribution in [0.5, 0.6) is 0 Å². The molecule has 5 rings (SSSR count). The minimum absolute atomic E-state index is 0.149. The number of nitrogens with one attached hydrogen (secondary N) is 1. The summed E-state index contributed by atoms with van der Waals surface area (Å²) in [5, 5.41) is 9.57. The number of nitrogens with zero attached hydrogens (tertiary/aromatic N) is 3. The smallest absolute Gasteiger partial charge is 0.379 e. The molecule has 1 aliphatic heterocycles. The highest BCUT2D eigenvalue weighted by atomic mass is 19.1. The van der Waals surface area contributed by atoms with Crippen LogP contribution in [0.4, 0.5) is 8.78 Å². The van der Waals surface area contributed by atoms with E-state index in [0.29, 0.717) is 29.7 Å². The third-order valence-electron chi connectivity index (χ3n) is 8.04. The molecule has 196 valence electrons. The van der Waals surface area contributed by atoms with Gasteiger partial charge >= 0.3 is 16.8 Å². The molecule has 4 heterocycles. The highest BCUT2D eigenvalue weighted by Gasteiger charge is 2.52. The SMILES string of the molecule is CCCCCCCc1cc[n+]2c(c1)-c1c(cc(F)c(C#N)c1F)C(=c1oc(=O)c3[nH+]ccn13)C2(CC)CC. The summed E-state index contributed by atoms with van der Waals surface area (Å²) in [6.07, 6.45) is 13.0. The van der Waals surface area contributed by atoms with Crippen LogP contribution in [0.1, 0.15) is 82.4 Å². The molecular weight excluding hydrogens is 486 g/mol. The number of aromatic nitrogens is 3. The Bertz CT molecular complexity index is 1670. The highest BCUT2D eigenvalue weighted by Crippen LogP contribution is 2.45. The topological polar surface area (TPSA) is 76.4 Å². The Morgan fingerprint density at radius 2 is 1.89 bits per heavy atom. The molecule has 0 aliphatic carbocycles. The van der Waals surface area contributed by atoms with Crippen molar-refractivity contribution in [1.29, 1.82) is 5.26 Å². The van der Waals surface area contributed by atoms with Gasteiger partial charge in [0.1, 0.15) is 35.4 Å². The zero-order valence-corrected chi connectivity index (χ0v) is 22.0. The van der Waals surface area contributed by atoms with Gasteiger partial charge in [0.25, 0.3) is 0 Å². The summed E-state index contributed by atoms with van der Waals surface area (Å²) >= 11 is 0. The van der Waals surface area contributed by atoms with E-state index in [1.165, 1.54) is 25.3 Å². The van der Waals surface area contributed by atoms with E-state index in [1.54, 1.807) is 22.9 Å². The summed E-state index contributed by atoms with van der Waals surface area (Å²) in [4.78, 5) is 15.5. The van der Waals surface area contributed by atoms with Crippen molar-refractivity contribution in [2.24, 2.45) is 0 Å². The van der Waals surface area contributed by atoms with Crippen LogP contribution < -0.4 is 20.7 Å². The van der Waals surface area contributed by atoms with Crippen molar-refractivity contribution < 1.29 is 22.7 Å². The highest BCUT2D eigenvalue weighted by molar-refractivity contribution is 5.84. The first-order chi connectivity index (χ1) is 18.4. The van der Waals surface area contributed by atoms with E-state index in [1.807, 2.05) is 30.7 Å². The monoisotopic (exact) mass is 518 g/mol. The normalized spacial score (nSPS) is 15.4. The first-order valence-electron chi connectivity index (χ1n) is 13.5. The molecule has 8 heteroatoms. The van der Waals surface area contributed by atoms with Gasteiger partial charge in [0.05, 0.1) is 5.56 Å². The molecule has 0 saturated heterocycles. The van der Waals surface area contributed by atoms with E-state index >= 15 is 8.78 Å². The maximum atomic E-state index is 16.0. The van der Waals surface area contributed by atoms with Gasteiger partial charge in [-0.15, -0.1) is 0 Å². The number of nitriles is 1. The summed E-state index contributed by atoms with van der Waals surface area (Å²) in [5.74, 6) is -1.84. The van der Waals surface area contributed by atoms with Crippen LogP contribution in [0.2, 0.25) is 0 Å². The molecule has 0 fully saturated rings. The second kappa shape index (κ2) is 10.1. The molecule has 3 aromatic heterocycles. The predicted octanol–water partition coefficient (Wildman–Crippen LogP) is 4.77. The number of hydrogen-bond donors (Lipinski definition) is 0. The molecule has 0 atom stereocenters. The lowest BCUT2D eigenvalue weighted by atomic mass is 9.74. The van der Waals surface area contributed by atoms with Crippen LogP contribution >= 0.6 is 0 Å². The molecule has 1 aliphatic rings. The van der Waals surface area contributed by atoms with Crippen molar-refractivity contribution in [3.63, 3.8) is 0 Å². The van der Waals surface area contributed by atoms with E-state index in [0.717, 1.165) is 24.8 Å². The fraction of sp³-hybridized carbons (Fsp3) is 0.400. The minimum Gasteiger partial charge on any atom is -0.379 e. The van der Waals surface area contributed by atoms with Crippen LogP contribution in [0.25, 0.3) is 22.5 Å². The van der Waals surface area contributed by atoms with Crippen LogP contribution in [-0.2, 0) is 12.0 Å². The Labute approximate surface area is 219 Å². The first kappa shape index (κ1) is 25.8. The van der Waals surface area contributed by atoms with Gasteiger partial charge in [-0.1, -0.05) is 46.5 Å².